The second-order valence-corrected chi connectivity index (χ2v) is 6.33. The van der Waals surface area contributed by atoms with E-state index in [-0.39, 0.29) is 40.7 Å². The van der Waals surface area contributed by atoms with Gasteiger partial charge in [-0.25, -0.2) is 0 Å². The first-order chi connectivity index (χ1) is 8.09. The second kappa shape index (κ2) is 7.11. The molecule has 0 aliphatic heterocycles. The minimum absolute atomic E-state index is 0. The zero-order chi connectivity index (χ0) is 12.0. The molecule has 0 heterocycles. The van der Waals surface area contributed by atoms with Crippen molar-refractivity contribution in [2.45, 2.75) is 46.5 Å². The van der Waals surface area contributed by atoms with E-state index < -0.39 is 0 Å². The average Bonchev–Trinajstić information content (AvgIpc) is 2.74. The van der Waals surface area contributed by atoms with Gasteiger partial charge in [-0.1, -0.05) is 44.7 Å². The van der Waals surface area contributed by atoms with Crippen LogP contribution in [0.3, 0.4) is 0 Å². The molecule has 1 aliphatic carbocycles. The summed E-state index contributed by atoms with van der Waals surface area (Å²) in [5.41, 5.74) is 5.17. The van der Waals surface area contributed by atoms with Gasteiger partial charge >= 0.3 is 0 Å². The SMILES string of the molecule is CCC[c-]1ccc2cc3c(cc21)CC(C)(C)C3.[CH3-].[CH3-].[Hf]. The molecule has 0 radical (unpaired) electrons. The number of fused-ring (bicyclic) bond motifs is 2. The van der Waals surface area contributed by atoms with Crippen molar-refractivity contribution in [1.82, 2.24) is 0 Å². The summed E-state index contributed by atoms with van der Waals surface area (Å²) in [5, 5.41) is 2.95. The zero-order valence-corrected chi connectivity index (χ0v) is 17.2. The molecule has 0 nitrogen and oxygen atoms in total. The molecule has 0 spiro atoms. The third-order valence-electron chi connectivity index (χ3n) is 4.04. The van der Waals surface area contributed by atoms with E-state index >= 15 is 0 Å². The third kappa shape index (κ3) is 3.47. The molecule has 110 valence electrons. The summed E-state index contributed by atoms with van der Waals surface area (Å²) < 4.78 is 0. The number of aryl methyl sites for hydroxylation is 1. The van der Waals surface area contributed by atoms with Crippen molar-refractivity contribution in [3.05, 3.63) is 55.8 Å². The summed E-state index contributed by atoms with van der Waals surface area (Å²) in [6, 6.07) is 9.50. The average molecular weight is 434 g/mol. The molecular weight excluding hydrogens is 407 g/mol. The molecule has 2 aromatic carbocycles. The van der Waals surface area contributed by atoms with Crippen molar-refractivity contribution in [2.75, 3.05) is 0 Å². The fourth-order valence-corrected chi connectivity index (χ4v) is 3.31. The number of hydrogen-bond donors (Lipinski definition) is 0. The Labute approximate surface area is 144 Å². The van der Waals surface area contributed by atoms with Gasteiger partial charge in [0.25, 0.3) is 0 Å². The molecule has 0 bridgehead atoms. The molecule has 1 aliphatic rings. The van der Waals surface area contributed by atoms with Crippen molar-refractivity contribution in [3.8, 4) is 0 Å². The van der Waals surface area contributed by atoms with Crippen LogP contribution >= 0.6 is 0 Å². The van der Waals surface area contributed by atoms with E-state index in [1.165, 1.54) is 42.0 Å². The van der Waals surface area contributed by atoms with Gasteiger partial charge < -0.3 is 14.9 Å². The van der Waals surface area contributed by atoms with Crippen LogP contribution in [0, 0.1) is 20.3 Å². The molecule has 0 amide bonds. The molecule has 1 heteroatoms. The molecular formula is C19H27Hf-3. The first-order valence-corrected chi connectivity index (χ1v) is 6.79. The number of hydrogen-bond acceptors (Lipinski definition) is 0. The van der Waals surface area contributed by atoms with E-state index in [4.69, 9.17) is 0 Å². The van der Waals surface area contributed by atoms with Gasteiger partial charge in [0.2, 0.25) is 0 Å². The van der Waals surface area contributed by atoms with E-state index in [0.717, 1.165) is 0 Å². The second-order valence-electron chi connectivity index (χ2n) is 6.33. The van der Waals surface area contributed by atoms with Crippen LogP contribution in [0.25, 0.3) is 10.8 Å². The molecule has 2 aromatic rings. The zero-order valence-electron chi connectivity index (χ0n) is 13.6. The maximum Gasteiger partial charge on any atom is 0 e. The van der Waals surface area contributed by atoms with E-state index in [2.05, 4.69) is 45.0 Å². The first-order valence-electron chi connectivity index (χ1n) is 6.79. The van der Waals surface area contributed by atoms with Crippen molar-refractivity contribution in [3.63, 3.8) is 0 Å². The Morgan fingerprint density at radius 2 is 1.70 bits per heavy atom. The molecule has 0 aromatic heterocycles. The largest absolute Gasteiger partial charge is 0.358 e. The maximum atomic E-state index is 2.46. The molecule has 20 heavy (non-hydrogen) atoms. The van der Waals surface area contributed by atoms with Crippen LogP contribution in [-0.4, -0.2) is 0 Å². The van der Waals surface area contributed by atoms with Gasteiger partial charge in [-0.05, 0) is 18.3 Å². The number of benzene rings is 1. The van der Waals surface area contributed by atoms with Crippen LogP contribution in [0.5, 0.6) is 0 Å². The van der Waals surface area contributed by atoms with Gasteiger partial charge in [0, 0.05) is 25.8 Å². The summed E-state index contributed by atoms with van der Waals surface area (Å²) in [5.74, 6) is 0. The summed E-state index contributed by atoms with van der Waals surface area (Å²) >= 11 is 0. The molecule has 0 saturated carbocycles. The van der Waals surface area contributed by atoms with Crippen molar-refractivity contribution in [1.29, 1.82) is 0 Å². The predicted molar refractivity (Wildman–Crippen MR) is 87.6 cm³/mol. The van der Waals surface area contributed by atoms with Crippen LogP contribution in [0.1, 0.15) is 43.9 Å². The Balaban J connectivity index is 0.00000120. The van der Waals surface area contributed by atoms with Crippen LogP contribution < -0.4 is 0 Å². The van der Waals surface area contributed by atoms with Gasteiger partial charge in [-0.3, -0.25) is 0 Å². The minimum atomic E-state index is 0. The molecule has 0 saturated heterocycles. The van der Waals surface area contributed by atoms with Crippen molar-refractivity contribution >= 4 is 10.8 Å². The van der Waals surface area contributed by atoms with Gasteiger partial charge in [-0.2, -0.15) is 6.07 Å². The van der Waals surface area contributed by atoms with Gasteiger partial charge in [-0.15, -0.1) is 34.5 Å². The summed E-state index contributed by atoms with van der Waals surface area (Å²) in [6.07, 6.45) is 4.94. The van der Waals surface area contributed by atoms with Crippen LogP contribution in [0.2, 0.25) is 0 Å². The van der Waals surface area contributed by atoms with Crippen LogP contribution in [0.4, 0.5) is 0 Å². The fraction of sp³-hybridized carbons (Fsp3) is 0.421. The predicted octanol–water partition coefficient (Wildman–Crippen LogP) is 5.53. The monoisotopic (exact) mass is 435 g/mol. The quantitative estimate of drug-likeness (QED) is 0.431. The fourth-order valence-electron chi connectivity index (χ4n) is 3.31. The Hall–Kier alpha value is -0.300. The standard InChI is InChI=1S/C17H21.2CH3.Hf/c1-4-5-12-6-7-13-8-14-10-17(2,3)11-15(14)9-16(12)13;;;/h6-9H,4-5,10-11H2,1-3H3;2*1H3;/q3*-1;. The number of rotatable bonds is 2. The Morgan fingerprint density at radius 3 is 2.30 bits per heavy atom. The summed E-state index contributed by atoms with van der Waals surface area (Å²) in [6.45, 7) is 7.02. The molecule has 0 unspecified atom stereocenters. The van der Waals surface area contributed by atoms with Gasteiger partial charge in [0.05, 0.1) is 0 Å². The normalized spacial score (nSPS) is 14.9. The maximum absolute atomic E-state index is 2.46. The molecule has 0 atom stereocenters. The Kier molecular flexibility index (Phi) is 7.01. The first kappa shape index (κ1) is 19.7. The topological polar surface area (TPSA) is 0 Å². The Morgan fingerprint density at radius 1 is 1.10 bits per heavy atom. The smallest absolute Gasteiger partial charge is 0 e. The molecule has 0 fully saturated rings. The van der Waals surface area contributed by atoms with E-state index in [0.29, 0.717) is 5.41 Å². The summed E-state index contributed by atoms with van der Waals surface area (Å²) in [7, 11) is 0. The van der Waals surface area contributed by atoms with E-state index in [1.54, 1.807) is 11.1 Å². The Bertz CT molecular complexity index is 560. The van der Waals surface area contributed by atoms with E-state index in [9.17, 15) is 0 Å². The third-order valence-corrected chi connectivity index (χ3v) is 4.04. The van der Waals surface area contributed by atoms with Gasteiger partial charge in [0.1, 0.15) is 0 Å². The van der Waals surface area contributed by atoms with Crippen molar-refractivity contribution in [2.24, 2.45) is 5.41 Å². The molecule has 0 N–H and O–H groups in total. The summed E-state index contributed by atoms with van der Waals surface area (Å²) in [4.78, 5) is 0. The van der Waals surface area contributed by atoms with Gasteiger partial charge in [0.15, 0.2) is 0 Å². The van der Waals surface area contributed by atoms with Crippen LogP contribution in [0.15, 0.2) is 24.3 Å². The van der Waals surface area contributed by atoms with E-state index in [1.807, 2.05) is 0 Å². The van der Waals surface area contributed by atoms with Crippen molar-refractivity contribution < 1.29 is 25.8 Å². The minimum Gasteiger partial charge on any atom is -0.358 e. The molecule has 3 rings (SSSR count). The van der Waals surface area contributed by atoms with Crippen LogP contribution in [-0.2, 0) is 45.1 Å².